The van der Waals surface area contributed by atoms with Crippen LogP contribution in [0.3, 0.4) is 0 Å². The molecule has 180 valence electrons. The van der Waals surface area contributed by atoms with E-state index in [1.54, 1.807) is 24.3 Å². The van der Waals surface area contributed by atoms with Crippen molar-refractivity contribution in [3.05, 3.63) is 58.1 Å². The largest absolute Gasteiger partial charge is 0.447 e. The molecule has 1 aromatic heterocycles. The Morgan fingerprint density at radius 3 is 2.66 bits per heavy atom. The van der Waals surface area contributed by atoms with Crippen LogP contribution in [0.5, 0.6) is 11.6 Å². The fraction of sp³-hybridized carbons (Fsp3) is 0.261. The van der Waals surface area contributed by atoms with Crippen molar-refractivity contribution in [3.63, 3.8) is 0 Å². The number of nitro groups is 1. The molecule has 1 aliphatic rings. The van der Waals surface area contributed by atoms with Crippen LogP contribution in [0.25, 0.3) is 11.3 Å². The van der Waals surface area contributed by atoms with E-state index in [2.05, 4.69) is 15.2 Å². The standard InChI is InChI=1S/C23H21N5O6S/c1-4-11-35-23-24-21-20(25-26-23)16-7-5-6-8-18(16)27(13(2)29)22(34-21)17-12-15(28(31)32)9-10-19(17)33-14(3)30/h5-10,12,22H,4,11H2,1-3H3/t22-/m0/s1. The number of carbonyl (C=O) groups is 2. The third-order valence-electron chi connectivity index (χ3n) is 5.01. The molecule has 0 saturated heterocycles. The number of ether oxygens (including phenoxy) is 2. The van der Waals surface area contributed by atoms with Crippen molar-refractivity contribution in [2.45, 2.75) is 38.6 Å². The van der Waals surface area contributed by atoms with Crippen LogP contribution in [0.15, 0.2) is 47.6 Å². The van der Waals surface area contributed by atoms with Gasteiger partial charge in [0.15, 0.2) is 5.69 Å². The number of esters is 1. The van der Waals surface area contributed by atoms with Gasteiger partial charge in [-0.2, -0.15) is 4.98 Å². The van der Waals surface area contributed by atoms with E-state index in [0.717, 1.165) is 12.2 Å². The summed E-state index contributed by atoms with van der Waals surface area (Å²) in [5.74, 6) is -0.167. The fourth-order valence-electron chi connectivity index (χ4n) is 3.60. The van der Waals surface area contributed by atoms with E-state index >= 15 is 0 Å². The summed E-state index contributed by atoms with van der Waals surface area (Å²) in [4.78, 5) is 41.5. The first-order valence-corrected chi connectivity index (χ1v) is 11.7. The van der Waals surface area contributed by atoms with Crippen LogP contribution in [-0.2, 0) is 9.59 Å². The number of nitrogens with zero attached hydrogens (tertiary/aromatic N) is 5. The molecule has 0 spiro atoms. The molecule has 0 aliphatic carbocycles. The number of hydrogen-bond donors (Lipinski definition) is 0. The van der Waals surface area contributed by atoms with E-state index in [9.17, 15) is 19.7 Å². The number of non-ortho nitro benzene ring substituents is 1. The third kappa shape index (κ3) is 4.92. The van der Waals surface area contributed by atoms with E-state index in [4.69, 9.17) is 9.47 Å². The first-order chi connectivity index (χ1) is 16.8. The number of carbonyl (C=O) groups excluding carboxylic acids is 2. The number of rotatable bonds is 6. The van der Waals surface area contributed by atoms with Crippen LogP contribution in [-0.4, -0.2) is 37.7 Å². The Morgan fingerprint density at radius 2 is 1.97 bits per heavy atom. The van der Waals surface area contributed by atoms with Crippen molar-refractivity contribution in [1.29, 1.82) is 0 Å². The average Bonchev–Trinajstić information content (AvgIpc) is 2.96. The van der Waals surface area contributed by atoms with Gasteiger partial charge in [-0.05, 0) is 18.6 Å². The zero-order chi connectivity index (χ0) is 25.1. The van der Waals surface area contributed by atoms with Gasteiger partial charge in [-0.25, -0.2) is 0 Å². The van der Waals surface area contributed by atoms with Crippen LogP contribution in [0.2, 0.25) is 0 Å². The van der Waals surface area contributed by atoms with Crippen LogP contribution < -0.4 is 14.4 Å². The normalized spacial score (nSPS) is 14.3. The lowest BCUT2D eigenvalue weighted by Crippen LogP contribution is -2.36. The Bertz CT molecular complexity index is 1320. The summed E-state index contributed by atoms with van der Waals surface area (Å²) < 4.78 is 11.6. The Labute approximate surface area is 204 Å². The maximum atomic E-state index is 13.0. The van der Waals surface area contributed by atoms with Crippen LogP contribution >= 0.6 is 11.8 Å². The van der Waals surface area contributed by atoms with Crippen LogP contribution in [0, 0.1) is 10.1 Å². The highest BCUT2D eigenvalue weighted by Gasteiger charge is 2.37. The molecule has 0 N–H and O–H groups in total. The summed E-state index contributed by atoms with van der Waals surface area (Å²) in [6, 6.07) is 10.7. The average molecular weight is 496 g/mol. The lowest BCUT2D eigenvalue weighted by molar-refractivity contribution is -0.385. The number of hydrogen-bond acceptors (Lipinski definition) is 10. The van der Waals surface area contributed by atoms with E-state index in [1.807, 2.05) is 6.92 Å². The summed E-state index contributed by atoms with van der Waals surface area (Å²) in [5.41, 5.74) is 1.14. The fourth-order valence-corrected chi connectivity index (χ4v) is 4.23. The molecule has 0 radical (unpaired) electrons. The number of anilines is 1. The number of nitro benzene ring substituents is 1. The number of para-hydroxylation sites is 1. The molecule has 1 atom stereocenters. The lowest BCUT2D eigenvalue weighted by atomic mass is 10.1. The van der Waals surface area contributed by atoms with E-state index in [0.29, 0.717) is 22.1 Å². The van der Waals surface area contributed by atoms with Gasteiger partial charge < -0.3 is 9.47 Å². The molecule has 4 rings (SSSR count). The number of aromatic nitrogens is 3. The molecule has 1 aliphatic heterocycles. The lowest BCUT2D eigenvalue weighted by Gasteiger charge is -2.30. The molecular formula is C23H21N5O6S. The number of thioether (sulfide) groups is 1. The maximum absolute atomic E-state index is 13.0. The minimum absolute atomic E-state index is 0.0166. The summed E-state index contributed by atoms with van der Waals surface area (Å²) in [6.45, 7) is 4.57. The van der Waals surface area contributed by atoms with Gasteiger partial charge in [-0.1, -0.05) is 36.9 Å². The Hall–Kier alpha value is -4.06. The molecule has 2 heterocycles. The second-order valence-electron chi connectivity index (χ2n) is 7.55. The van der Waals surface area contributed by atoms with Gasteiger partial charge in [0, 0.05) is 37.3 Å². The monoisotopic (exact) mass is 495 g/mol. The minimum Gasteiger partial charge on any atom is -0.447 e. The topological polar surface area (TPSA) is 138 Å². The van der Waals surface area contributed by atoms with Gasteiger partial charge in [-0.15, -0.1) is 10.2 Å². The quantitative estimate of drug-likeness (QED) is 0.160. The number of amides is 1. The predicted molar refractivity (Wildman–Crippen MR) is 127 cm³/mol. The molecule has 0 saturated carbocycles. The Balaban J connectivity index is 1.97. The van der Waals surface area contributed by atoms with Crippen molar-refractivity contribution in [2.24, 2.45) is 0 Å². The van der Waals surface area contributed by atoms with Crippen molar-refractivity contribution in [2.75, 3.05) is 10.7 Å². The minimum atomic E-state index is -1.25. The molecule has 0 fully saturated rings. The van der Waals surface area contributed by atoms with Gasteiger partial charge in [-0.3, -0.25) is 24.6 Å². The highest BCUT2D eigenvalue weighted by atomic mass is 32.2. The van der Waals surface area contributed by atoms with Crippen molar-refractivity contribution >= 4 is 35.0 Å². The summed E-state index contributed by atoms with van der Waals surface area (Å²) in [6.07, 6.45) is -0.348. The molecule has 1 amide bonds. The first-order valence-electron chi connectivity index (χ1n) is 10.7. The summed E-state index contributed by atoms with van der Waals surface area (Å²) in [7, 11) is 0. The zero-order valence-corrected chi connectivity index (χ0v) is 19.9. The second kappa shape index (κ2) is 10.1. The third-order valence-corrected chi connectivity index (χ3v) is 6.05. The van der Waals surface area contributed by atoms with Gasteiger partial charge in [0.25, 0.3) is 5.69 Å². The van der Waals surface area contributed by atoms with Gasteiger partial charge >= 0.3 is 5.97 Å². The molecule has 12 heteroatoms. The highest BCUT2D eigenvalue weighted by molar-refractivity contribution is 7.99. The highest BCUT2D eigenvalue weighted by Crippen LogP contribution is 2.45. The van der Waals surface area contributed by atoms with E-state index in [1.165, 1.54) is 48.7 Å². The van der Waals surface area contributed by atoms with Crippen molar-refractivity contribution < 1.29 is 24.0 Å². The number of fused-ring (bicyclic) bond motifs is 3. The molecule has 0 unspecified atom stereocenters. The molecular weight excluding hydrogens is 474 g/mol. The maximum Gasteiger partial charge on any atom is 0.308 e. The van der Waals surface area contributed by atoms with E-state index < -0.39 is 23.0 Å². The predicted octanol–water partition coefficient (Wildman–Crippen LogP) is 4.32. The molecule has 11 nitrogen and oxygen atoms in total. The Kier molecular flexibility index (Phi) is 6.92. The van der Waals surface area contributed by atoms with E-state index in [-0.39, 0.29) is 22.9 Å². The van der Waals surface area contributed by atoms with Gasteiger partial charge in [0.1, 0.15) is 5.75 Å². The van der Waals surface area contributed by atoms with Crippen molar-refractivity contribution in [3.8, 4) is 22.9 Å². The van der Waals surface area contributed by atoms with Crippen LogP contribution in [0.4, 0.5) is 11.4 Å². The molecule has 3 aromatic rings. The van der Waals surface area contributed by atoms with Gasteiger partial charge in [0.2, 0.25) is 23.2 Å². The zero-order valence-electron chi connectivity index (χ0n) is 19.1. The number of benzene rings is 2. The SMILES string of the molecule is CCCSc1nnc2c(n1)O[C@@H](c1cc([N+](=O)[O-])ccc1OC(C)=O)N(C(C)=O)c1ccccc1-2. The molecule has 35 heavy (non-hydrogen) atoms. The first kappa shape index (κ1) is 24.1. The Morgan fingerprint density at radius 1 is 1.20 bits per heavy atom. The summed E-state index contributed by atoms with van der Waals surface area (Å²) in [5, 5.41) is 20.4. The molecule has 2 aromatic carbocycles. The van der Waals surface area contributed by atoms with Gasteiger partial charge in [0.05, 0.1) is 16.2 Å². The molecule has 0 bridgehead atoms. The summed E-state index contributed by atoms with van der Waals surface area (Å²) >= 11 is 1.40. The van der Waals surface area contributed by atoms with Crippen LogP contribution in [0.1, 0.15) is 39.0 Å². The smallest absolute Gasteiger partial charge is 0.308 e. The van der Waals surface area contributed by atoms with Crippen molar-refractivity contribution in [1.82, 2.24) is 15.2 Å². The second-order valence-corrected chi connectivity index (χ2v) is 8.61.